The summed E-state index contributed by atoms with van der Waals surface area (Å²) in [4.78, 5) is 40.4. The molecule has 0 radical (unpaired) electrons. The molecule has 0 saturated carbocycles. The summed E-state index contributed by atoms with van der Waals surface area (Å²) in [7, 11) is 0. The fourth-order valence-corrected chi connectivity index (χ4v) is 2.13. The molecule has 0 atom stereocenters. The number of nitro groups is 4. The van der Waals surface area contributed by atoms with Gasteiger partial charge in [0.1, 0.15) is 11.4 Å². The molecule has 0 fully saturated rings. The fourth-order valence-electron chi connectivity index (χ4n) is 2.13. The van der Waals surface area contributed by atoms with Crippen molar-refractivity contribution in [3.63, 3.8) is 0 Å². The number of nitrogens with one attached hydrogen (secondary N) is 2. The number of hydrogen-bond acceptors (Lipinski definition) is 12. The van der Waals surface area contributed by atoms with Gasteiger partial charge in [0.2, 0.25) is 0 Å². The van der Waals surface area contributed by atoms with Crippen LogP contribution in [-0.4, -0.2) is 31.6 Å². The maximum absolute atomic E-state index is 11.1. The van der Waals surface area contributed by atoms with Gasteiger partial charge in [0.15, 0.2) is 0 Å². The Kier molecular flexibility index (Phi) is 6.79. The number of anilines is 2. The molecule has 0 unspecified atom stereocenters. The first-order valence-corrected chi connectivity index (χ1v) is 8.05. The minimum atomic E-state index is -0.818. The van der Waals surface area contributed by atoms with E-state index < -0.39 is 42.4 Å². The highest BCUT2D eigenvalue weighted by Crippen LogP contribution is 2.29. The molecule has 0 aliphatic heterocycles. The van der Waals surface area contributed by atoms with Crippen LogP contribution in [0.3, 0.4) is 0 Å². The lowest BCUT2D eigenvalue weighted by Gasteiger charge is -2.03. The van der Waals surface area contributed by atoms with Gasteiger partial charge in [-0.05, 0) is 19.1 Å². The minimum absolute atomic E-state index is 0.109. The summed E-state index contributed by atoms with van der Waals surface area (Å²) in [5.41, 5.74) is 2.62. The van der Waals surface area contributed by atoms with Crippen LogP contribution in [0.5, 0.6) is 0 Å². The maximum atomic E-state index is 11.1. The molecule has 2 N–H and O–H groups in total. The zero-order chi connectivity index (χ0) is 23.1. The molecule has 16 nitrogen and oxygen atoms in total. The lowest BCUT2D eigenvalue weighted by Crippen LogP contribution is -2.04. The summed E-state index contributed by atoms with van der Waals surface area (Å²) < 4.78 is 0. The second-order valence-corrected chi connectivity index (χ2v) is 5.67. The van der Waals surface area contributed by atoms with Crippen LogP contribution < -0.4 is 10.9 Å². The fraction of sp³-hybridized carbons (Fsp3) is 0.0667. The van der Waals surface area contributed by atoms with E-state index in [4.69, 9.17) is 0 Å². The summed E-state index contributed by atoms with van der Waals surface area (Å²) in [6.45, 7) is 1.44. The molecule has 0 saturated heterocycles. The molecule has 2 aromatic rings. The van der Waals surface area contributed by atoms with E-state index in [9.17, 15) is 40.5 Å². The normalized spacial score (nSPS) is 11.2. The van der Waals surface area contributed by atoms with E-state index in [0.717, 1.165) is 42.6 Å². The van der Waals surface area contributed by atoms with Crippen LogP contribution in [0.15, 0.2) is 46.6 Å². The van der Waals surface area contributed by atoms with E-state index in [0.29, 0.717) is 0 Å². The number of benzene rings is 2. The third-order valence-electron chi connectivity index (χ3n) is 3.57. The Morgan fingerprint density at radius 3 is 1.65 bits per heavy atom. The molecule has 0 bridgehead atoms. The van der Waals surface area contributed by atoms with Gasteiger partial charge in [-0.1, -0.05) is 0 Å². The van der Waals surface area contributed by atoms with Gasteiger partial charge in [0.05, 0.1) is 43.8 Å². The molecule has 0 amide bonds. The Balaban J connectivity index is 2.15. The number of non-ortho nitro benzene ring substituents is 2. The third kappa shape index (κ3) is 5.73. The number of nitrogens with zero attached hydrogens (tertiary/aromatic N) is 6. The smallest absolute Gasteiger partial charge is 0.272 e. The Hall–Kier alpha value is -5.02. The van der Waals surface area contributed by atoms with Crippen molar-refractivity contribution in [2.45, 2.75) is 6.92 Å². The first-order chi connectivity index (χ1) is 14.6. The van der Waals surface area contributed by atoms with E-state index in [2.05, 4.69) is 21.1 Å². The molecule has 0 spiro atoms. The monoisotopic (exact) mass is 432 g/mol. The zero-order valence-electron chi connectivity index (χ0n) is 15.5. The zero-order valence-corrected chi connectivity index (χ0v) is 15.5. The summed E-state index contributed by atoms with van der Waals surface area (Å²) in [5.74, 6) is 0. The molecule has 0 heterocycles. The van der Waals surface area contributed by atoms with E-state index in [1.165, 1.54) is 6.92 Å². The topological polar surface area (TPSA) is 221 Å². The lowest BCUT2D eigenvalue weighted by molar-refractivity contribution is -0.393. The molecule has 16 heteroatoms. The largest absolute Gasteiger partial charge is 0.301 e. The molecular formula is C15H12N8O8. The van der Waals surface area contributed by atoms with Crippen molar-refractivity contribution in [3.8, 4) is 0 Å². The van der Waals surface area contributed by atoms with Gasteiger partial charge in [-0.3, -0.25) is 51.3 Å². The van der Waals surface area contributed by atoms with Gasteiger partial charge in [0, 0.05) is 12.1 Å². The van der Waals surface area contributed by atoms with Gasteiger partial charge in [-0.15, -0.1) is 0 Å². The van der Waals surface area contributed by atoms with Gasteiger partial charge in [-0.25, -0.2) is 0 Å². The highest BCUT2D eigenvalue weighted by molar-refractivity contribution is 6.29. The lowest BCUT2D eigenvalue weighted by atomic mass is 10.2. The third-order valence-corrected chi connectivity index (χ3v) is 3.57. The predicted octanol–water partition coefficient (Wildman–Crippen LogP) is 3.21. The predicted molar refractivity (Wildman–Crippen MR) is 108 cm³/mol. The average Bonchev–Trinajstić information content (AvgIpc) is 2.71. The standard InChI is InChI=1S/C15H12N8O8/c1-9(17-19-13-5-3-11(21(26)27)7-15(13)23(30)31)8-16-18-12-4-2-10(20(24)25)6-14(12)22(28)29/h2-8,18-19H,1H3. The average molecular weight is 432 g/mol. The van der Waals surface area contributed by atoms with E-state index in [1.807, 2.05) is 0 Å². The number of nitro benzene ring substituents is 4. The van der Waals surface area contributed by atoms with Crippen LogP contribution in [-0.2, 0) is 0 Å². The van der Waals surface area contributed by atoms with Crippen molar-refractivity contribution < 1.29 is 19.7 Å². The summed E-state index contributed by atoms with van der Waals surface area (Å²) >= 11 is 0. The first-order valence-electron chi connectivity index (χ1n) is 8.05. The van der Waals surface area contributed by atoms with Gasteiger partial charge < -0.3 is 0 Å². The van der Waals surface area contributed by atoms with Crippen molar-refractivity contribution in [3.05, 3.63) is 76.9 Å². The Labute approximate surface area is 171 Å². The molecule has 160 valence electrons. The highest BCUT2D eigenvalue weighted by Gasteiger charge is 2.20. The highest BCUT2D eigenvalue weighted by atomic mass is 16.6. The quantitative estimate of drug-likeness (QED) is 0.334. The number of rotatable bonds is 9. The van der Waals surface area contributed by atoms with Crippen LogP contribution in [0.2, 0.25) is 0 Å². The summed E-state index contributed by atoms with van der Waals surface area (Å²) in [5, 5.41) is 51.2. The summed E-state index contributed by atoms with van der Waals surface area (Å²) in [6.07, 6.45) is 1.12. The Morgan fingerprint density at radius 2 is 1.23 bits per heavy atom. The van der Waals surface area contributed by atoms with E-state index in [1.54, 1.807) is 0 Å². The van der Waals surface area contributed by atoms with Gasteiger partial charge in [0.25, 0.3) is 11.4 Å². The molecule has 31 heavy (non-hydrogen) atoms. The molecule has 2 rings (SSSR count). The van der Waals surface area contributed by atoms with Crippen molar-refractivity contribution in [2.24, 2.45) is 10.2 Å². The molecule has 2 aromatic carbocycles. The maximum Gasteiger partial charge on any atom is 0.301 e. The van der Waals surface area contributed by atoms with Crippen LogP contribution in [0.4, 0.5) is 34.1 Å². The molecular weight excluding hydrogens is 420 g/mol. The Morgan fingerprint density at radius 1 is 0.774 bits per heavy atom. The van der Waals surface area contributed by atoms with Crippen molar-refractivity contribution >= 4 is 46.1 Å². The van der Waals surface area contributed by atoms with Crippen LogP contribution in [0.25, 0.3) is 0 Å². The first kappa shape index (κ1) is 22.3. The number of hydrogen-bond donors (Lipinski definition) is 2. The van der Waals surface area contributed by atoms with E-state index >= 15 is 0 Å². The summed E-state index contributed by atoms with van der Waals surface area (Å²) in [6, 6.07) is 5.89. The molecule has 0 aliphatic rings. The SMILES string of the molecule is CC(C=NNc1ccc([N+](=O)[O-])cc1[N+](=O)[O-])=NNc1ccc([N+](=O)[O-])cc1[N+](=O)[O-]. The minimum Gasteiger partial charge on any atom is -0.272 e. The Bertz CT molecular complexity index is 1130. The van der Waals surface area contributed by atoms with Crippen molar-refractivity contribution in [2.75, 3.05) is 10.9 Å². The van der Waals surface area contributed by atoms with Crippen molar-refractivity contribution in [1.82, 2.24) is 0 Å². The van der Waals surface area contributed by atoms with Gasteiger partial charge >= 0.3 is 11.4 Å². The second-order valence-electron chi connectivity index (χ2n) is 5.67. The molecule has 0 aromatic heterocycles. The van der Waals surface area contributed by atoms with Crippen LogP contribution >= 0.6 is 0 Å². The second kappa shape index (κ2) is 9.45. The number of hydrazone groups is 2. The van der Waals surface area contributed by atoms with Crippen LogP contribution in [0, 0.1) is 40.5 Å². The molecule has 0 aliphatic carbocycles. The van der Waals surface area contributed by atoms with E-state index in [-0.39, 0.29) is 17.1 Å². The van der Waals surface area contributed by atoms with Crippen molar-refractivity contribution in [1.29, 1.82) is 0 Å². The van der Waals surface area contributed by atoms with Crippen LogP contribution in [0.1, 0.15) is 6.92 Å². The van der Waals surface area contributed by atoms with Gasteiger partial charge in [-0.2, -0.15) is 10.2 Å².